The van der Waals surface area contributed by atoms with Crippen LogP contribution in [0.2, 0.25) is 5.28 Å². The average Bonchev–Trinajstić information content (AvgIpc) is 2.75. The fourth-order valence-electron chi connectivity index (χ4n) is 2.82. The summed E-state index contributed by atoms with van der Waals surface area (Å²) in [6.45, 7) is 0. The highest BCUT2D eigenvalue weighted by Gasteiger charge is 2.17. The second-order valence-electron chi connectivity index (χ2n) is 5.45. The lowest BCUT2D eigenvalue weighted by Crippen LogP contribution is -2.36. The molecule has 0 aliphatic heterocycles. The van der Waals surface area contributed by atoms with Crippen molar-refractivity contribution in [1.82, 2.24) is 14.9 Å². The van der Waals surface area contributed by atoms with Gasteiger partial charge in [0.05, 0.1) is 11.0 Å². The topological polar surface area (TPSA) is 46.9 Å². The molecule has 1 aliphatic rings. The number of hydrogen-bond acceptors (Lipinski definition) is 2. The number of aryl methyl sites for hydroxylation is 1. The maximum atomic E-state index is 12.3. The number of rotatable bonds is 2. The Labute approximate surface area is 123 Å². The van der Waals surface area contributed by atoms with E-state index in [2.05, 4.69) is 10.3 Å². The molecule has 0 atom stereocenters. The van der Waals surface area contributed by atoms with Crippen molar-refractivity contribution >= 4 is 28.5 Å². The number of nitrogens with zero attached hydrogens (tertiary/aromatic N) is 2. The van der Waals surface area contributed by atoms with Gasteiger partial charge in [0, 0.05) is 18.7 Å². The number of halogens is 1. The zero-order chi connectivity index (χ0) is 14.1. The van der Waals surface area contributed by atoms with E-state index in [1.54, 1.807) is 4.57 Å². The maximum absolute atomic E-state index is 12.3. The zero-order valence-corrected chi connectivity index (χ0v) is 12.3. The highest BCUT2D eigenvalue weighted by Crippen LogP contribution is 2.21. The van der Waals surface area contributed by atoms with Gasteiger partial charge in [0.25, 0.3) is 5.91 Å². The largest absolute Gasteiger partial charge is 0.349 e. The van der Waals surface area contributed by atoms with Crippen LogP contribution < -0.4 is 5.32 Å². The van der Waals surface area contributed by atoms with Crippen LogP contribution in [-0.4, -0.2) is 21.5 Å². The van der Waals surface area contributed by atoms with Crippen LogP contribution in [0.4, 0.5) is 0 Å². The number of aromatic nitrogens is 2. The van der Waals surface area contributed by atoms with Crippen LogP contribution in [0, 0.1) is 0 Å². The lowest BCUT2D eigenvalue weighted by molar-refractivity contribution is 0.0928. The molecular formula is C15H18ClN3O. The highest BCUT2D eigenvalue weighted by atomic mass is 35.5. The van der Waals surface area contributed by atoms with Gasteiger partial charge in [-0.25, -0.2) is 4.98 Å². The van der Waals surface area contributed by atoms with E-state index in [-0.39, 0.29) is 5.91 Å². The molecule has 0 bridgehead atoms. The summed E-state index contributed by atoms with van der Waals surface area (Å²) in [6, 6.07) is 5.83. The fourth-order valence-corrected chi connectivity index (χ4v) is 3.00. The Kier molecular flexibility index (Phi) is 3.66. The van der Waals surface area contributed by atoms with Crippen molar-refractivity contribution in [3.8, 4) is 0 Å². The van der Waals surface area contributed by atoms with Gasteiger partial charge in [0.1, 0.15) is 0 Å². The zero-order valence-electron chi connectivity index (χ0n) is 11.5. The van der Waals surface area contributed by atoms with Gasteiger partial charge in [0.15, 0.2) is 0 Å². The van der Waals surface area contributed by atoms with Crippen molar-refractivity contribution < 1.29 is 4.79 Å². The van der Waals surface area contributed by atoms with Crippen LogP contribution in [0.25, 0.3) is 11.0 Å². The summed E-state index contributed by atoms with van der Waals surface area (Å²) >= 11 is 5.99. The quantitative estimate of drug-likeness (QED) is 0.923. The molecule has 1 N–H and O–H groups in total. The molecule has 0 radical (unpaired) electrons. The number of hydrogen-bond donors (Lipinski definition) is 1. The molecule has 1 amide bonds. The average molecular weight is 292 g/mol. The van der Waals surface area contributed by atoms with E-state index in [9.17, 15) is 4.79 Å². The Balaban J connectivity index is 1.82. The third-order valence-electron chi connectivity index (χ3n) is 4.03. The van der Waals surface area contributed by atoms with Crippen molar-refractivity contribution in [2.24, 2.45) is 7.05 Å². The van der Waals surface area contributed by atoms with E-state index in [1.807, 2.05) is 25.2 Å². The first-order valence-electron chi connectivity index (χ1n) is 7.08. The predicted octanol–water partition coefficient (Wildman–Crippen LogP) is 3.29. The molecule has 0 saturated heterocycles. The van der Waals surface area contributed by atoms with Crippen LogP contribution in [0.5, 0.6) is 0 Å². The van der Waals surface area contributed by atoms with Gasteiger partial charge in [-0.05, 0) is 42.6 Å². The first-order chi connectivity index (χ1) is 9.65. The Hall–Kier alpha value is -1.55. The second kappa shape index (κ2) is 5.44. The normalized spacial score (nSPS) is 16.5. The molecule has 20 heavy (non-hydrogen) atoms. The third-order valence-corrected chi connectivity index (χ3v) is 4.37. The number of nitrogens with one attached hydrogen (secondary N) is 1. The molecule has 0 spiro atoms. The van der Waals surface area contributed by atoms with Gasteiger partial charge in [0.2, 0.25) is 5.28 Å². The van der Waals surface area contributed by atoms with E-state index >= 15 is 0 Å². The molecule has 5 heteroatoms. The number of imidazole rings is 1. The molecule has 106 valence electrons. The monoisotopic (exact) mass is 291 g/mol. The van der Waals surface area contributed by atoms with Crippen LogP contribution in [-0.2, 0) is 7.05 Å². The summed E-state index contributed by atoms with van der Waals surface area (Å²) in [5.74, 6) is -0.00359. The molecule has 1 saturated carbocycles. The minimum atomic E-state index is -0.00359. The minimum Gasteiger partial charge on any atom is -0.349 e. The first-order valence-corrected chi connectivity index (χ1v) is 7.46. The first kappa shape index (κ1) is 13.4. The van der Waals surface area contributed by atoms with E-state index in [0.29, 0.717) is 16.9 Å². The van der Waals surface area contributed by atoms with Crippen molar-refractivity contribution in [3.05, 3.63) is 29.0 Å². The molecule has 4 nitrogen and oxygen atoms in total. The minimum absolute atomic E-state index is 0.00359. The summed E-state index contributed by atoms with van der Waals surface area (Å²) in [5.41, 5.74) is 2.36. The van der Waals surface area contributed by atoms with Crippen LogP contribution in [0.15, 0.2) is 18.2 Å². The molecule has 1 heterocycles. The van der Waals surface area contributed by atoms with E-state index in [4.69, 9.17) is 11.6 Å². The van der Waals surface area contributed by atoms with Gasteiger partial charge in [-0.15, -0.1) is 0 Å². The molecule has 2 aromatic rings. The van der Waals surface area contributed by atoms with E-state index in [0.717, 1.165) is 23.9 Å². The second-order valence-corrected chi connectivity index (χ2v) is 5.79. The number of benzene rings is 1. The maximum Gasteiger partial charge on any atom is 0.251 e. The molecule has 1 aromatic carbocycles. The van der Waals surface area contributed by atoms with Crippen LogP contribution in [0.3, 0.4) is 0 Å². The molecule has 1 fully saturated rings. The highest BCUT2D eigenvalue weighted by molar-refractivity contribution is 6.29. The van der Waals surface area contributed by atoms with Crippen LogP contribution in [0.1, 0.15) is 42.5 Å². The van der Waals surface area contributed by atoms with E-state index in [1.165, 1.54) is 19.3 Å². The smallest absolute Gasteiger partial charge is 0.251 e. The predicted molar refractivity (Wildman–Crippen MR) is 80.1 cm³/mol. The molecular weight excluding hydrogens is 274 g/mol. The van der Waals surface area contributed by atoms with Gasteiger partial charge >= 0.3 is 0 Å². The van der Waals surface area contributed by atoms with Crippen molar-refractivity contribution in [1.29, 1.82) is 0 Å². The van der Waals surface area contributed by atoms with Gasteiger partial charge in [-0.1, -0.05) is 19.3 Å². The molecule has 1 aliphatic carbocycles. The van der Waals surface area contributed by atoms with Gasteiger partial charge in [-0.2, -0.15) is 0 Å². The van der Waals surface area contributed by atoms with E-state index < -0.39 is 0 Å². The number of fused-ring (bicyclic) bond motifs is 1. The summed E-state index contributed by atoms with van der Waals surface area (Å²) < 4.78 is 1.79. The number of amides is 1. The Bertz CT molecular complexity index is 644. The summed E-state index contributed by atoms with van der Waals surface area (Å²) in [6.07, 6.45) is 5.88. The number of carbonyl (C=O) groups is 1. The number of carbonyl (C=O) groups excluding carboxylic acids is 1. The van der Waals surface area contributed by atoms with Crippen LogP contribution >= 0.6 is 11.6 Å². The Morgan fingerprint density at radius 2 is 2.10 bits per heavy atom. The van der Waals surface area contributed by atoms with Crippen molar-refractivity contribution in [3.63, 3.8) is 0 Å². The SMILES string of the molecule is Cn1c(Cl)nc2ccc(C(=O)NC3CCCCC3)cc21. The molecule has 3 rings (SSSR count). The molecule has 1 aromatic heterocycles. The fraction of sp³-hybridized carbons (Fsp3) is 0.467. The Morgan fingerprint density at radius 3 is 2.85 bits per heavy atom. The van der Waals surface area contributed by atoms with Gasteiger partial charge in [-0.3, -0.25) is 4.79 Å². The van der Waals surface area contributed by atoms with Crippen molar-refractivity contribution in [2.75, 3.05) is 0 Å². The lowest BCUT2D eigenvalue weighted by Gasteiger charge is -2.22. The lowest BCUT2D eigenvalue weighted by atomic mass is 9.95. The Morgan fingerprint density at radius 1 is 1.35 bits per heavy atom. The third kappa shape index (κ3) is 2.52. The standard InChI is InChI=1S/C15H18ClN3O/c1-19-13-9-10(7-8-12(13)18-15(19)16)14(20)17-11-5-3-2-4-6-11/h7-9,11H,2-6H2,1H3,(H,17,20). The summed E-state index contributed by atoms with van der Waals surface area (Å²) in [5, 5.41) is 3.56. The summed E-state index contributed by atoms with van der Waals surface area (Å²) in [7, 11) is 1.85. The molecule has 0 unspecified atom stereocenters. The van der Waals surface area contributed by atoms with Crippen molar-refractivity contribution in [2.45, 2.75) is 38.1 Å². The van der Waals surface area contributed by atoms with Gasteiger partial charge < -0.3 is 9.88 Å². The summed E-state index contributed by atoms with van der Waals surface area (Å²) in [4.78, 5) is 16.5.